The van der Waals surface area contributed by atoms with Crippen molar-refractivity contribution >= 4 is 5.78 Å². The van der Waals surface area contributed by atoms with Crippen molar-refractivity contribution in [2.75, 3.05) is 32.7 Å². The summed E-state index contributed by atoms with van der Waals surface area (Å²) in [7, 11) is 0. The van der Waals surface area contributed by atoms with E-state index in [1.807, 2.05) is 0 Å². The molecule has 0 amide bonds. The van der Waals surface area contributed by atoms with Crippen molar-refractivity contribution in [3.8, 4) is 0 Å². The van der Waals surface area contributed by atoms with Gasteiger partial charge >= 0.3 is 0 Å². The van der Waals surface area contributed by atoms with Gasteiger partial charge in [-0.2, -0.15) is 0 Å². The molecule has 0 spiro atoms. The Labute approximate surface area is 123 Å². The Bertz CT molecular complexity index is 351. The fourth-order valence-electron chi connectivity index (χ4n) is 4.64. The van der Waals surface area contributed by atoms with Gasteiger partial charge in [0.05, 0.1) is 0 Å². The Hall–Kier alpha value is -0.410. The van der Waals surface area contributed by atoms with Gasteiger partial charge in [-0.3, -0.25) is 9.69 Å². The van der Waals surface area contributed by atoms with Gasteiger partial charge < -0.3 is 4.90 Å². The topological polar surface area (TPSA) is 23.6 Å². The largest absolute Gasteiger partial charge is 0.301 e. The summed E-state index contributed by atoms with van der Waals surface area (Å²) >= 11 is 0. The molecule has 3 rings (SSSR count). The fraction of sp³-hybridized carbons (Fsp3) is 0.941. The van der Waals surface area contributed by atoms with E-state index in [-0.39, 0.29) is 0 Å². The highest BCUT2D eigenvalue weighted by molar-refractivity contribution is 5.82. The number of ketones is 1. The molecule has 0 aromatic rings. The summed E-state index contributed by atoms with van der Waals surface area (Å²) < 4.78 is 0. The van der Waals surface area contributed by atoms with Crippen LogP contribution in [0.25, 0.3) is 0 Å². The van der Waals surface area contributed by atoms with Crippen LogP contribution in [0, 0.1) is 17.8 Å². The van der Waals surface area contributed by atoms with E-state index in [0.29, 0.717) is 23.5 Å². The molecule has 3 heteroatoms. The van der Waals surface area contributed by atoms with Crippen LogP contribution in [0.15, 0.2) is 0 Å². The van der Waals surface area contributed by atoms with Crippen molar-refractivity contribution in [3.63, 3.8) is 0 Å². The minimum atomic E-state index is 0.309. The molecule has 0 aromatic carbocycles. The molecule has 0 bridgehead atoms. The normalized spacial score (nSPS) is 40.6. The third kappa shape index (κ3) is 3.09. The monoisotopic (exact) mass is 278 g/mol. The van der Waals surface area contributed by atoms with Gasteiger partial charge in [-0.25, -0.2) is 0 Å². The van der Waals surface area contributed by atoms with Gasteiger partial charge in [0, 0.05) is 31.5 Å². The average molecular weight is 278 g/mol. The first-order valence-corrected chi connectivity index (χ1v) is 8.62. The van der Waals surface area contributed by atoms with Crippen LogP contribution >= 0.6 is 0 Å². The zero-order chi connectivity index (χ0) is 14.1. The van der Waals surface area contributed by atoms with Crippen molar-refractivity contribution in [3.05, 3.63) is 0 Å². The first-order valence-electron chi connectivity index (χ1n) is 8.62. The predicted molar refractivity (Wildman–Crippen MR) is 81.7 cm³/mol. The molecule has 1 saturated carbocycles. The highest BCUT2D eigenvalue weighted by Crippen LogP contribution is 2.32. The number of Topliss-reactive ketones (excluding diaryl/α,β-unsaturated/α-hetero) is 1. The maximum atomic E-state index is 12.3. The molecule has 3 nitrogen and oxygen atoms in total. The van der Waals surface area contributed by atoms with Crippen molar-refractivity contribution in [2.24, 2.45) is 17.8 Å². The molecule has 2 saturated heterocycles. The second-order valence-electron chi connectivity index (χ2n) is 7.54. The number of carbonyl (C=O) groups is 1. The lowest BCUT2D eigenvalue weighted by Crippen LogP contribution is -2.41. The number of nitrogens with zero attached hydrogens (tertiary/aromatic N) is 2. The van der Waals surface area contributed by atoms with E-state index in [0.717, 1.165) is 19.0 Å². The molecule has 2 heterocycles. The van der Waals surface area contributed by atoms with Crippen LogP contribution in [0.5, 0.6) is 0 Å². The van der Waals surface area contributed by atoms with E-state index >= 15 is 0 Å². The number of likely N-dealkylation sites (tertiary alicyclic amines) is 2. The highest BCUT2D eigenvalue weighted by Gasteiger charge is 2.36. The predicted octanol–water partition coefficient (Wildman–Crippen LogP) is 2.41. The van der Waals surface area contributed by atoms with Crippen LogP contribution < -0.4 is 0 Å². The SMILES string of the molecule is CC1CC(=O)C(CN2CCC(N3CCCC3)C2)C(C)C1. The zero-order valence-corrected chi connectivity index (χ0v) is 13.2. The minimum absolute atomic E-state index is 0.309. The molecule has 3 fully saturated rings. The third-order valence-corrected chi connectivity index (χ3v) is 5.78. The number of carbonyl (C=O) groups excluding carboxylic acids is 1. The van der Waals surface area contributed by atoms with E-state index in [4.69, 9.17) is 0 Å². The number of rotatable bonds is 3. The Kier molecular flexibility index (Phi) is 4.46. The molecule has 20 heavy (non-hydrogen) atoms. The molecule has 0 radical (unpaired) electrons. The van der Waals surface area contributed by atoms with Gasteiger partial charge in [-0.05, 0) is 57.2 Å². The molecule has 1 aliphatic carbocycles. The molecular formula is C17H30N2O. The third-order valence-electron chi connectivity index (χ3n) is 5.78. The van der Waals surface area contributed by atoms with Crippen LogP contribution in [-0.4, -0.2) is 54.3 Å². The summed E-state index contributed by atoms with van der Waals surface area (Å²) in [6.45, 7) is 10.5. The van der Waals surface area contributed by atoms with Gasteiger partial charge in [0.1, 0.15) is 5.78 Å². The second-order valence-corrected chi connectivity index (χ2v) is 7.54. The first kappa shape index (κ1) is 14.5. The van der Waals surface area contributed by atoms with Crippen LogP contribution in [-0.2, 0) is 4.79 Å². The quantitative estimate of drug-likeness (QED) is 0.792. The number of hydrogen-bond donors (Lipinski definition) is 0. The van der Waals surface area contributed by atoms with Crippen LogP contribution in [0.1, 0.15) is 46.0 Å². The average Bonchev–Trinajstić information content (AvgIpc) is 3.04. The van der Waals surface area contributed by atoms with Crippen molar-refractivity contribution in [2.45, 2.75) is 52.0 Å². The van der Waals surface area contributed by atoms with E-state index in [9.17, 15) is 4.79 Å². The number of hydrogen-bond acceptors (Lipinski definition) is 3. The summed E-state index contributed by atoms with van der Waals surface area (Å²) in [5.74, 6) is 2.02. The molecule has 0 aromatic heterocycles. The Morgan fingerprint density at radius 2 is 1.90 bits per heavy atom. The van der Waals surface area contributed by atoms with Crippen molar-refractivity contribution < 1.29 is 4.79 Å². The Balaban J connectivity index is 1.52. The van der Waals surface area contributed by atoms with Crippen LogP contribution in [0.2, 0.25) is 0 Å². The lowest BCUT2D eigenvalue weighted by molar-refractivity contribution is -0.128. The first-order chi connectivity index (χ1) is 9.63. The summed E-state index contributed by atoms with van der Waals surface area (Å²) in [6, 6.07) is 0.769. The lowest BCUT2D eigenvalue weighted by Gasteiger charge is -2.34. The van der Waals surface area contributed by atoms with Gasteiger partial charge in [-0.15, -0.1) is 0 Å². The van der Waals surface area contributed by atoms with Gasteiger partial charge in [-0.1, -0.05) is 13.8 Å². The lowest BCUT2D eigenvalue weighted by atomic mass is 9.74. The Morgan fingerprint density at radius 3 is 2.60 bits per heavy atom. The van der Waals surface area contributed by atoms with Crippen LogP contribution in [0.4, 0.5) is 0 Å². The summed E-state index contributed by atoms with van der Waals surface area (Å²) in [5, 5.41) is 0. The van der Waals surface area contributed by atoms with E-state index in [1.54, 1.807) is 0 Å². The maximum Gasteiger partial charge on any atom is 0.137 e. The maximum absolute atomic E-state index is 12.3. The van der Waals surface area contributed by atoms with Gasteiger partial charge in [0.2, 0.25) is 0 Å². The van der Waals surface area contributed by atoms with Gasteiger partial charge in [0.15, 0.2) is 0 Å². The van der Waals surface area contributed by atoms with Crippen molar-refractivity contribution in [1.82, 2.24) is 9.80 Å². The van der Waals surface area contributed by atoms with Crippen molar-refractivity contribution in [1.29, 1.82) is 0 Å². The molecular weight excluding hydrogens is 248 g/mol. The molecule has 114 valence electrons. The van der Waals surface area contributed by atoms with E-state index in [2.05, 4.69) is 23.6 Å². The smallest absolute Gasteiger partial charge is 0.137 e. The second kappa shape index (κ2) is 6.15. The molecule has 3 aliphatic rings. The zero-order valence-electron chi connectivity index (χ0n) is 13.2. The molecule has 0 N–H and O–H groups in total. The van der Waals surface area contributed by atoms with Crippen LogP contribution in [0.3, 0.4) is 0 Å². The van der Waals surface area contributed by atoms with Gasteiger partial charge in [0.25, 0.3) is 0 Å². The molecule has 4 unspecified atom stereocenters. The van der Waals surface area contributed by atoms with E-state index < -0.39 is 0 Å². The molecule has 2 aliphatic heterocycles. The molecule has 4 atom stereocenters. The summed E-state index contributed by atoms with van der Waals surface area (Å²) in [5.41, 5.74) is 0. The minimum Gasteiger partial charge on any atom is -0.301 e. The summed E-state index contributed by atoms with van der Waals surface area (Å²) in [4.78, 5) is 17.5. The fourth-order valence-corrected chi connectivity index (χ4v) is 4.64. The highest BCUT2D eigenvalue weighted by atomic mass is 16.1. The standard InChI is InChI=1S/C17H30N2O/c1-13-9-14(2)16(17(20)10-13)12-18-8-5-15(11-18)19-6-3-4-7-19/h13-16H,3-12H2,1-2H3. The summed E-state index contributed by atoms with van der Waals surface area (Å²) in [6.07, 6.45) is 6.13. The van der Waals surface area contributed by atoms with E-state index in [1.165, 1.54) is 51.9 Å². The Morgan fingerprint density at radius 1 is 1.15 bits per heavy atom.